The van der Waals surface area contributed by atoms with Crippen LogP contribution < -0.4 is 14.8 Å². The Kier molecular flexibility index (Phi) is 68.1. The fourth-order valence-electron chi connectivity index (χ4n) is 13.0. The average Bonchev–Trinajstić information content (AvgIpc) is 0.864. The Bertz CT molecular complexity index is 2980. The minimum atomic E-state index is 0.371. The molecule has 0 aliphatic rings. The van der Waals surface area contributed by atoms with Crippen LogP contribution in [0.4, 0.5) is 0 Å². The zero-order valence-electron chi connectivity index (χ0n) is 72.4. The van der Waals surface area contributed by atoms with Crippen molar-refractivity contribution in [3.63, 3.8) is 0 Å². The van der Waals surface area contributed by atoms with Gasteiger partial charge in [0.15, 0.2) is 11.5 Å². The van der Waals surface area contributed by atoms with Gasteiger partial charge in [-0.15, -0.1) is 0 Å². The normalized spacial score (nSPS) is 10.9. The van der Waals surface area contributed by atoms with Gasteiger partial charge < -0.3 is 29.5 Å². The third-order valence-corrected chi connectivity index (χ3v) is 20.5. The number of ether oxygens (including phenoxy) is 2. The molecule has 111 heavy (non-hydrogen) atoms. The number of aryl methyl sites for hydroxylation is 3. The molecule has 0 spiro atoms. The SMILES string of the molecule is CCCCCC(=O)CCN(CC)CCCc1ccccc1.CCCCCC(=O)CCN(CC)CCc1ccc(OC)c(OC)c1.CCCCCC(=O)CCN(CC)Cc1ccccc1.CCCCCC(=O)CCN(CCCc1ccccc1)CCC(=O)CCCCC.CCCCCC(=O)CCNCCCc1ccccc1. The molecule has 0 fully saturated rings. The molecule has 0 aromatic heterocycles. The van der Waals surface area contributed by atoms with E-state index in [1.165, 1.54) is 79.2 Å². The summed E-state index contributed by atoms with van der Waals surface area (Å²) in [5, 5.41) is 3.36. The number of carbonyl (C=O) groups excluding carboxylic acids is 6. The Morgan fingerprint density at radius 2 is 0.568 bits per heavy atom. The van der Waals surface area contributed by atoms with Gasteiger partial charge in [-0.1, -0.05) is 267 Å². The molecule has 624 valence electrons. The molecular formula is C98H159N5O8. The van der Waals surface area contributed by atoms with Crippen molar-refractivity contribution in [2.45, 2.75) is 306 Å². The van der Waals surface area contributed by atoms with Crippen molar-refractivity contribution in [1.82, 2.24) is 24.9 Å². The number of Topliss-reactive ketones (excluding diaryl/α,β-unsaturated/α-hetero) is 6. The van der Waals surface area contributed by atoms with E-state index in [0.717, 1.165) is 244 Å². The minimum Gasteiger partial charge on any atom is -0.493 e. The fourth-order valence-corrected chi connectivity index (χ4v) is 13.0. The van der Waals surface area contributed by atoms with Gasteiger partial charge in [-0.25, -0.2) is 0 Å². The molecule has 13 nitrogen and oxygen atoms in total. The molecule has 13 heteroatoms. The first-order chi connectivity index (χ1) is 54.1. The lowest BCUT2D eigenvalue weighted by atomic mass is 10.1. The van der Waals surface area contributed by atoms with Gasteiger partial charge in [0, 0.05) is 129 Å². The molecule has 0 radical (unpaired) electrons. The number of hydrogen-bond donors (Lipinski definition) is 1. The predicted octanol–water partition coefficient (Wildman–Crippen LogP) is 22.4. The maximum absolute atomic E-state index is 12.1. The van der Waals surface area contributed by atoms with Gasteiger partial charge in [0.1, 0.15) is 34.7 Å². The standard InChI is InChI=1S/C25H41NO2.C20H33NO3.C19H31NO.2C17H27NO/c1-3-5-8-16-24(27)18-21-26(22-19-25(28)17-9-6-4-2)20-12-15-23-13-10-7-11-14-23;1-5-7-8-9-18(22)13-15-21(6-2)14-12-17-10-11-19(23-3)20(16-17)24-4;1-3-5-7-14-19(21)15-17-20(4-2)16-10-13-18-11-8-6-9-12-18;1-3-5-7-12-17(19)13-14-18(4-2)15-16-10-8-6-9-11-16;1-2-3-5-12-17(19)13-15-18-14-8-11-16-9-6-4-7-10-16/h7,10-11,13-14H,3-6,8-9,12,15-22H2,1-2H3;10-11,16H,5-9,12-15H2,1-4H3;6,8-9,11-12H,3-5,7,10,13-17H2,1-2H3;6,8-11H,3-5,7,12-15H2,1-2H3;4,6-7,9-10,18H,2-3,5,8,11-15H2,1H3. The number of benzene rings is 5. The second-order valence-corrected chi connectivity index (χ2v) is 30.0. The Morgan fingerprint density at radius 3 is 0.910 bits per heavy atom. The number of nitrogens with zero attached hydrogens (tertiary/aromatic N) is 4. The molecule has 0 amide bonds. The first-order valence-electron chi connectivity index (χ1n) is 44.2. The number of carbonyl (C=O) groups is 6. The Morgan fingerprint density at radius 1 is 0.261 bits per heavy atom. The molecule has 5 aromatic rings. The summed E-state index contributed by atoms with van der Waals surface area (Å²) in [6.45, 7) is 32.5. The fraction of sp³-hybridized carbons (Fsp3) is 0.633. The summed E-state index contributed by atoms with van der Waals surface area (Å²) < 4.78 is 10.6. The molecule has 0 unspecified atom stereocenters. The van der Waals surface area contributed by atoms with E-state index < -0.39 is 0 Å². The molecule has 0 saturated carbocycles. The van der Waals surface area contributed by atoms with Crippen LogP contribution in [0.3, 0.4) is 0 Å². The van der Waals surface area contributed by atoms with Crippen LogP contribution in [0.15, 0.2) is 140 Å². The van der Waals surface area contributed by atoms with Crippen LogP contribution in [-0.2, 0) is 61.0 Å². The quantitative estimate of drug-likeness (QED) is 0.0369. The first kappa shape index (κ1) is 103. The number of nitrogens with one attached hydrogen (secondary N) is 1. The number of ketones is 6. The summed E-state index contributed by atoms with van der Waals surface area (Å²) in [6.07, 6.45) is 36.3. The number of likely N-dealkylation sites (N-methyl/N-ethyl adjacent to an activating group) is 1. The van der Waals surface area contributed by atoms with Crippen molar-refractivity contribution in [3.8, 4) is 11.5 Å². The van der Waals surface area contributed by atoms with Crippen molar-refractivity contribution in [2.24, 2.45) is 0 Å². The smallest absolute Gasteiger partial charge is 0.160 e. The highest BCUT2D eigenvalue weighted by atomic mass is 16.5. The van der Waals surface area contributed by atoms with Gasteiger partial charge in [0.25, 0.3) is 0 Å². The Labute approximate surface area is 678 Å². The number of methoxy groups -OCH3 is 2. The second kappa shape index (κ2) is 73.7. The highest BCUT2D eigenvalue weighted by molar-refractivity contribution is 5.80. The summed E-state index contributed by atoms with van der Waals surface area (Å²) in [5.41, 5.74) is 6.70. The monoisotopic (exact) mass is 1530 g/mol. The maximum atomic E-state index is 12.1. The van der Waals surface area contributed by atoms with Gasteiger partial charge in [-0.05, 0) is 163 Å². The molecule has 0 aliphatic carbocycles. The summed E-state index contributed by atoms with van der Waals surface area (Å²) >= 11 is 0. The highest BCUT2D eigenvalue weighted by Gasteiger charge is 2.15. The van der Waals surface area contributed by atoms with E-state index in [1.807, 2.05) is 30.3 Å². The number of rotatable bonds is 64. The topological polar surface area (TPSA) is 146 Å². The van der Waals surface area contributed by atoms with Crippen LogP contribution in [-0.4, -0.2) is 154 Å². The van der Waals surface area contributed by atoms with Crippen molar-refractivity contribution in [3.05, 3.63) is 167 Å². The second-order valence-electron chi connectivity index (χ2n) is 30.0. The van der Waals surface area contributed by atoms with Gasteiger partial charge in [-0.2, -0.15) is 0 Å². The number of hydrogen-bond acceptors (Lipinski definition) is 13. The number of unbranched alkanes of at least 4 members (excludes halogenated alkanes) is 12. The lowest BCUT2D eigenvalue weighted by Crippen LogP contribution is -2.30. The lowest BCUT2D eigenvalue weighted by molar-refractivity contribution is -0.120. The van der Waals surface area contributed by atoms with E-state index in [9.17, 15) is 28.8 Å². The molecule has 5 aromatic carbocycles. The summed E-state index contributed by atoms with van der Waals surface area (Å²) in [7, 11) is 3.30. The van der Waals surface area contributed by atoms with Crippen LogP contribution in [0.2, 0.25) is 0 Å². The van der Waals surface area contributed by atoms with E-state index in [-0.39, 0.29) is 0 Å². The Balaban J connectivity index is 0.000000699. The minimum absolute atomic E-state index is 0.371. The third-order valence-electron chi connectivity index (χ3n) is 20.5. The molecule has 1 N–H and O–H groups in total. The zero-order valence-corrected chi connectivity index (χ0v) is 72.4. The van der Waals surface area contributed by atoms with E-state index >= 15 is 0 Å². The van der Waals surface area contributed by atoms with Crippen molar-refractivity contribution in [1.29, 1.82) is 0 Å². The molecule has 0 aliphatic heterocycles. The molecule has 0 saturated heterocycles. The van der Waals surface area contributed by atoms with Crippen LogP contribution in [0.25, 0.3) is 0 Å². The van der Waals surface area contributed by atoms with E-state index in [0.29, 0.717) is 79.6 Å². The van der Waals surface area contributed by atoms with Crippen molar-refractivity contribution < 1.29 is 38.2 Å². The van der Waals surface area contributed by atoms with E-state index in [4.69, 9.17) is 9.47 Å². The van der Waals surface area contributed by atoms with E-state index in [1.54, 1.807) is 14.2 Å². The highest BCUT2D eigenvalue weighted by Crippen LogP contribution is 2.28. The summed E-state index contributed by atoms with van der Waals surface area (Å²) in [5.74, 6) is 3.92. The molecule has 5 rings (SSSR count). The molecule has 0 bridgehead atoms. The summed E-state index contributed by atoms with van der Waals surface area (Å²) in [4.78, 5) is 80.7. The third kappa shape index (κ3) is 59.8. The zero-order chi connectivity index (χ0) is 81.3. The van der Waals surface area contributed by atoms with Crippen molar-refractivity contribution >= 4 is 34.7 Å². The maximum Gasteiger partial charge on any atom is 0.160 e. The molecule has 0 atom stereocenters. The van der Waals surface area contributed by atoms with Crippen LogP contribution in [0.1, 0.15) is 302 Å². The van der Waals surface area contributed by atoms with Gasteiger partial charge in [0.05, 0.1) is 14.2 Å². The largest absolute Gasteiger partial charge is 0.493 e. The van der Waals surface area contributed by atoms with Gasteiger partial charge in [0.2, 0.25) is 0 Å². The van der Waals surface area contributed by atoms with Gasteiger partial charge in [-0.3, -0.25) is 33.7 Å². The van der Waals surface area contributed by atoms with E-state index in [2.05, 4.69) is 196 Å². The van der Waals surface area contributed by atoms with Crippen LogP contribution in [0, 0.1) is 0 Å². The molecular weight excluding hydrogens is 1380 g/mol. The Hall–Kier alpha value is -6.48. The van der Waals surface area contributed by atoms with Crippen molar-refractivity contribution in [2.75, 3.05) is 99.3 Å². The first-order valence-corrected chi connectivity index (χ1v) is 44.2. The summed E-state index contributed by atoms with van der Waals surface area (Å²) in [6, 6.07) is 48.2. The molecule has 0 heterocycles. The lowest BCUT2D eigenvalue weighted by Gasteiger charge is -2.22. The average molecular weight is 1540 g/mol. The predicted molar refractivity (Wildman–Crippen MR) is 471 cm³/mol. The van der Waals surface area contributed by atoms with Crippen LogP contribution in [0.5, 0.6) is 11.5 Å². The van der Waals surface area contributed by atoms with Gasteiger partial charge >= 0.3 is 0 Å². The van der Waals surface area contributed by atoms with Crippen LogP contribution >= 0.6 is 0 Å².